The molecule has 10 heteroatoms. The summed E-state index contributed by atoms with van der Waals surface area (Å²) in [5.41, 5.74) is 2.03. The Balaban J connectivity index is 1.74. The number of halogens is 3. The fourth-order valence-electron chi connectivity index (χ4n) is 5.62. The summed E-state index contributed by atoms with van der Waals surface area (Å²) in [7, 11) is 0. The van der Waals surface area contributed by atoms with Crippen molar-refractivity contribution in [2.45, 2.75) is 43.0 Å². The van der Waals surface area contributed by atoms with Crippen molar-refractivity contribution in [2.75, 3.05) is 29.7 Å². The predicted octanol–water partition coefficient (Wildman–Crippen LogP) is 6.98. The fourth-order valence-corrected chi connectivity index (χ4v) is 8.09. The van der Waals surface area contributed by atoms with Gasteiger partial charge in [0.2, 0.25) is 0 Å². The van der Waals surface area contributed by atoms with Crippen molar-refractivity contribution >= 4 is 81.1 Å². The first-order valence-electron chi connectivity index (χ1n) is 12.7. The molecule has 0 saturated heterocycles. The van der Waals surface area contributed by atoms with Gasteiger partial charge < -0.3 is 9.80 Å². The van der Waals surface area contributed by atoms with Gasteiger partial charge in [-0.15, -0.1) is 23.2 Å². The fraction of sp³-hybridized carbons (Fsp3) is 0.393. The zero-order chi connectivity index (χ0) is 26.9. The van der Waals surface area contributed by atoms with Crippen LogP contribution in [0.4, 0.5) is 5.69 Å². The van der Waals surface area contributed by atoms with Gasteiger partial charge in [0, 0.05) is 10.7 Å². The second-order valence-corrected chi connectivity index (χ2v) is 12.5. The lowest BCUT2D eigenvalue weighted by atomic mass is 9.92. The van der Waals surface area contributed by atoms with Crippen LogP contribution in [0.1, 0.15) is 43.7 Å². The number of hydrogen-bond donors (Lipinski definition) is 0. The van der Waals surface area contributed by atoms with E-state index < -0.39 is 0 Å². The van der Waals surface area contributed by atoms with Crippen LogP contribution in [0.25, 0.3) is 0 Å². The molecule has 3 aliphatic rings. The molecule has 2 aromatic carbocycles. The molecular formula is C28H28Cl3N3O2S2. The Kier molecular flexibility index (Phi) is 8.60. The Morgan fingerprint density at radius 1 is 0.921 bits per heavy atom. The van der Waals surface area contributed by atoms with Gasteiger partial charge in [0.15, 0.2) is 16.7 Å². The van der Waals surface area contributed by atoms with Crippen LogP contribution in [0.5, 0.6) is 0 Å². The zero-order valence-electron chi connectivity index (χ0n) is 20.7. The smallest absolute Gasteiger partial charge is 0.178 e. The third-order valence-corrected chi connectivity index (χ3v) is 10.1. The summed E-state index contributed by atoms with van der Waals surface area (Å²) in [5.74, 6) is 0.382. The topological polar surface area (TPSA) is 43.9 Å². The van der Waals surface area contributed by atoms with E-state index in [0.717, 1.165) is 47.7 Å². The third-order valence-electron chi connectivity index (χ3n) is 7.25. The maximum Gasteiger partial charge on any atom is 0.178 e. The van der Waals surface area contributed by atoms with E-state index in [1.54, 1.807) is 0 Å². The molecule has 38 heavy (non-hydrogen) atoms. The van der Waals surface area contributed by atoms with E-state index in [1.165, 1.54) is 6.42 Å². The SMILES string of the molecule is O=C(CCl)CN1C(=S)N(CC(=O)CCl)C(c2ccc(Cl)cc2)C2=C1N(c1ccccc1)C1(CCCCC1)S2. The Labute approximate surface area is 248 Å². The minimum Gasteiger partial charge on any atom is -0.330 e. The number of alkyl halides is 2. The number of thioether (sulfide) groups is 1. The molecule has 0 amide bonds. The molecule has 1 atom stereocenters. The van der Waals surface area contributed by atoms with E-state index in [2.05, 4.69) is 17.0 Å². The van der Waals surface area contributed by atoms with Crippen LogP contribution in [0.2, 0.25) is 5.02 Å². The van der Waals surface area contributed by atoms with Crippen LogP contribution in [0.15, 0.2) is 65.3 Å². The van der Waals surface area contributed by atoms with Crippen molar-refractivity contribution in [1.29, 1.82) is 0 Å². The first-order chi connectivity index (χ1) is 18.4. The Morgan fingerprint density at radius 3 is 2.18 bits per heavy atom. The average molecular weight is 609 g/mol. The molecular weight excluding hydrogens is 581 g/mol. The molecule has 1 spiro atoms. The number of carbonyl (C=O) groups excluding carboxylic acids is 2. The summed E-state index contributed by atoms with van der Waals surface area (Å²) in [6.45, 7) is 0.0664. The third kappa shape index (κ3) is 5.20. The monoisotopic (exact) mass is 607 g/mol. The summed E-state index contributed by atoms with van der Waals surface area (Å²) < 4.78 is 0. The summed E-state index contributed by atoms with van der Waals surface area (Å²) in [4.78, 5) is 32.5. The standard InChI is InChI=1S/C28H28Cl3N3O2S2/c29-15-22(35)17-32-24(19-9-11-20(31)12-10-19)25-26(33(27(32)37)18-23(36)16-30)34(21-7-3-1-4-8-21)28(38-25)13-5-2-6-14-28/h1,3-4,7-12,24H,2,5-6,13-18H2. The van der Waals surface area contributed by atoms with Crippen molar-refractivity contribution in [1.82, 2.24) is 9.80 Å². The second-order valence-electron chi connectivity index (χ2n) is 9.76. The molecule has 2 aliphatic heterocycles. The van der Waals surface area contributed by atoms with Crippen molar-refractivity contribution in [3.63, 3.8) is 0 Å². The van der Waals surface area contributed by atoms with Crippen LogP contribution < -0.4 is 4.90 Å². The number of carbonyl (C=O) groups is 2. The van der Waals surface area contributed by atoms with E-state index in [0.29, 0.717) is 10.1 Å². The van der Waals surface area contributed by atoms with E-state index in [4.69, 9.17) is 47.0 Å². The molecule has 1 aliphatic carbocycles. The van der Waals surface area contributed by atoms with Gasteiger partial charge in [0.25, 0.3) is 0 Å². The Hall–Kier alpha value is -1.77. The number of rotatable bonds is 8. The summed E-state index contributed by atoms with van der Waals surface area (Å²) in [6.07, 6.45) is 5.42. The van der Waals surface area contributed by atoms with Gasteiger partial charge in [-0.3, -0.25) is 14.5 Å². The van der Waals surface area contributed by atoms with Crippen molar-refractivity contribution in [3.8, 4) is 0 Å². The van der Waals surface area contributed by atoms with Crippen LogP contribution >= 0.6 is 58.8 Å². The molecule has 5 nitrogen and oxygen atoms in total. The van der Waals surface area contributed by atoms with E-state index in [9.17, 15) is 9.59 Å². The molecule has 0 aromatic heterocycles. The highest BCUT2D eigenvalue weighted by Crippen LogP contribution is 2.61. The highest BCUT2D eigenvalue weighted by molar-refractivity contribution is 8.04. The number of ketones is 2. The average Bonchev–Trinajstić information content (AvgIpc) is 3.25. The normalized spacial score (nSPS) is 20.8. The summed E-state index contributed by atoms with van der Waals surface area (Å²) in [6, 6.07) is 17.7. The van der Waals surface area contributed by atoms with Crippen LogP contribution in [-0.4, -0.2) is 56.2 Å². The minimum atomic E-state index is -0.318. The van der Waals surface area contributed by atoms with E-state index in [-0.39, 0.29) is 47.3 Å². The van der Waals surface area contributed by atoms with Crippen LogP contribution in [-0.2, 0) is 9.59 Å². The van der Waals surface area contributed by atoms with E-state index >= 15 is 0 Å². The Morgan fingerprint density at radius 2 is 1.55 bits per heavy atom. The number of thiocarbonyl (C=S) groups is 1. The lowest BCUT2D eigenvalue weighted by molar-refractivity contribution is -0.117. The molecule has 1 fully saturated rings. The van der Waals surface area contributed by atoms with Crippen molar-refractivity contribution < 1.29 is 9.59 Å². The quantitative estimate of drug-likeness (QED) is 0.237. The molecule has 2 heterocycles. The van der Waals surface area contributed by atoms with Crippen LogP contribution in [0, 0.1) is 0 Å². The largest absolute Gasteiger partial charge is 0.330 e. The molecule has 0 N–H and O–H groups in total. The summed E-state index contributed by atoms with van der Waals surface area (Å²) in [5, 5.41) is 1.04. The van der Waals surface area contributed by atoms with E-state index in [1.807, 2.05) is 64.0 Å². The number of para-hydroxylation sites is 1. The Bertz CT molecular complexity index is 1250. The molecule has 200 valence electrons. The molecule has 0 radical (unpaired) electrons. The van der Waals surface area contributed by atoms with Gasteiger partial charge in [0.05, 0.1) is 40.7 Å². The molecule has 0 bridgehead atoms. The zero-order valence-corrected chi connectivity index (χ0v) is 24.6. The molecule has 2 aromatic rings. The first-order valence-corrected chi connectivity index (χ1v) is 15.3. The van der Waals surface area contributed by atoms with Crippen LogP contribution in [0.3, 0.4) is 0 Å². The number of anilines is 1. The lowest BCUT2D eigenvalue weighted by Gasteiger charge is -2.47. The molecule has 1 saturated carbocycles. The number of benzene rings is 2. The van der Waals surface area contributed by atoms with Gasteiger partial charge in [-0.25, -0.2) is 0 Å². The first kappa shape index (κ1) is 27.8. The second kappa shape index (κ2) is 11.8. The van der Waals surface area contributed by atoms with Crippen molar-refractivity contribution in [2.24, 2.45) is 0 Å². The number of hydrogen-bond acceptors (Lipinski definition) is 5. The van der Waals surface area contributed by atoms with Gasteiger partial charge >= 0.3 is 0 Å². The van der Waals surface area contributed by atoms with Crippen molar-refractivity contribution in [3.05, 3.63) is 75.9 Å². The molecule has 1 unspecified atom stereocenters. The number of nitrogens with zero attached hydrogens (tertiary/aromatic N) is 3. The van der Waals surface area contributed by atoms with Gasteiger partial charge in [-0.05, 0) is 54.9 Å². The summed E-state index contributed by atoms with van der Waals surface area (Å²) >= 11 is 26.1. The number of Topliss-reactive ketones (excluding diaryl/α,β-unsaturated/α-hetero) is 2. The maximum absolute atomic E-state index is 12.8. The van der Waals surface area contributed by atoms with Gasteiger partial charge in [-0.2, -0.15) is 0 Å². The van der Waals surface area contributed by atoms with Gasteiger partial charge in [-0.1, -0.05) is 73.0 Å². The highest BCUT2D eigenvalue weighted by Gasteiger charge is 2.55. The maximum atomic E-state index is 12.8. The molecule has 5 rings (SSSR count). The highest BCUT2D eigenvalue weighted by atomic mass is 35.5. The minimum absolute atomic E-state index is 0.0278. The lowest BCUT2D eigenvalue weighted by Crippen LogP contribution is -2.55. The predicted molar refractivity (Wildman–Crippen MR) is 161 cm³/mol. The van der Waals surface area contributed by atoms with Gasteiger partial charge in [0.1, 0.15) is 5.82 Å².